The topological polar surface area (TPSA) is 113 Å². The average Bonchev–Trinajstić information content (AvgIpc) is 3.61. The molecular formula is C26H25N9O. The van der Waals surface area contributed by atoms with Crippen molar-refractivity contribution in [2.45, 2.75) is 6.92 Å². The van der Waals surface area contributed by atoms with Crippen LogP contribution in [0.2, 0.25) is 0 Å². The van der Waals surface area contributed by atoms with Gasteiger partial charge in [-0.15, -0.1) is 0 Å². The molecule has 0 aliphatic rings. The number of nitrogens with zero attached hydrogens (tertiary/aromatic N) is 7. The van der Waals surface area contributed by atoms with E-state index in [2.05, 4.69) is 41.1 Å². The molecule has 5 heterocycles. The van der Waals surface area contributed by atoms with Crippen molar-refractivity contribution in [3.05, 3.63) is 67.1 Å². The largest absolute Gasteiger partial charge is 0.491 e. The highest BCUT2D eigenvalue weighted by atomic mass is 16.5. The van der Waals surface area contributed by atoms with Crippen molar-refractivity contribution < 1.29 is 4.74 Å². The standard InChI is InChI=1S/C26H25N9O/c1-16-14-35(15-29-16)26-24-22(6-7-28-26)30-25(31-24)23-20-11-17(4-5-21(20)32-33-23)18-10-19(13-27-12-18)36-9-8-34(2)3/h4-7,10-15H,8-9H2,1-3H3,(H,30,31)(H,32,33). The first kappa shape index (κ1) is 21.9. The predicted octanol–water partition coefficient (Wildman–Crippen LogP) is 4.00. The van der Waals surface area contributed by atoms with Gasteiger partial charge in [0.2, 0.25) is 0 Å². The summed E-state index contributed by atoms with van der Waals surface area (Å²) in [5, 5.41) is 8.65. The van der Waals surface area contributed by atoms with Gasteiger partial charge in [0.1, 0.15) is 29.9 Å². The molecule has 0 aliphatic heterocycles. The van der Waals surface area contributed by atoms with Crippen molar-refractivity contribution in [2.24, 2.45) is 0 Å². The molecule has 36 heavy (non-hydrogen) atoms. The summed E-state index contributed by atoms with van der Waals surface area (Å²) in [5.74, 6) is 2.13. The van der Waals surface area contributed by atoms with Crippen molar-refractivity contribution in [3.8, 4) is 34.2 Å². The minimum absolute atomic E-state index is 0.602. The predicted molar refractivity (Wildman–Crippen MR) is 138 cm³/mol. The van der Waals surface area contributed by atoms with Crippen LogP contribution in [0.5, 0.6) is 5.75 Å². The van der Waals surface area contributed by atoms with Crippen LogP contribution in [-0.2, 0) is 0 Å². The number of hydrogen-bond acceptors (Lipinski definition) is 7. The van der Waals surface area contributed by atoms with Gasteiger partial charge < -0.3 is 14.6 Å². The lowest BCUT2D eigenvalue weighted by atomic mass is 10.0. The molecule has 0 radical (unpaired) electrons. The van der Waals surface area contributed by atoms with Gasteiger partial charge in [0.05, 0.1) is 22.9 Å². The molecule has 0 amide bonds. The second-order valence-electron chi connectivity index (χ2n) is 8.93. The number of benzene rings is 1. The molecule has 10 heteroatoms. The van der Waals surface area contributed by atoms with Gasteiger partial charge in [-0.25, -0.2) is 15.0 Å². The maximum atomic E-state index is 5.88. The molecule has 0 atom stereocenters. The fourth-order valence-electron chi connectivity index (χ4n) is 4.14. The number of aromatic amines is 2. The van der Waals surface area contributed by atoms with Gasteiger partial charge in [0, 0.05) is 36.1 Å². The molecule has 2 N–H and O–H groups in total. The molecule has 0 aliphatic carbocycles. The van der Waals surface area contributed by atoms with Crippen LogP contribution in [0, 0.1) is 6.92 Å². The van der Waals surface area contributed by atoms with Gasteiger partial charge in [0.15, 0.2) is 11.6 Å². The molecule has 10 nitrogen and oxygen atoms in total. The fraction of sp³-hybridized carbons (Fsp3) is 0.192. The van der Waals surface area contributed by atoms with Gasteiger partial charge >= 0.3 is 0 Å². The first-order valence-electron chi connectivity index (χ1n) is 11.6. The lowest BCUT2D eigenvalue weighted by Gasteiger charge is -2.11. The maximum absolute atomic E-state index is 5.88. The Morgan fingerprint density at radius 1 is 1.03 bits per heavy atom. The number of aryl methyl sites for hydroxylation is 1. The third-order valence-electron chi connectivity index (χ3n) is 5.98. The second kappa shape index (κ2) is 8.90. The van der Waals surface area contributed by atoms with E-state index in [1.807, 2.05) is 62.2 Å². The van der Waals surface area contributed by atoms with E-state index >= 15 is 0 Å². The Hall–Kier alpha value is -4.57. The van der Waals surface area contributed by atoms with Crippen molar-refractivity contribution in [3.63, 3.8) is 0 Å². The van der Waals surface area contributed by atoms with E-state index in [0.29, 0.717) is 18.2 Å². The molecule has 0 spiro atoms. The first-order chi connectivity index (χ1) is 17.5. The highest BCUT2D eigenvalue weighted by Crippen LogP contribution is 2.31. The highest BCUT2D eigenvalue weighted by molar-refractivity contribution is 5.96. The van der Waals surface area contributed by atoms with E-state index in [-0.39, 0.29) is 0 Å². The summed E-state index contributed by atoms with van der Waals surface area (Å²) in [7, 11) is 4.04. The summed E-state index contributed by atoms with van der Waals surface area (Å²) in [6, 6.07) is 10.1. The molecule has 6 aromatic rings. The maximum Gasteiger partial charge on any atom is 0.166 e. The molecule has 180 valence electrons. The molecule has 1 aromatic carbocycles. The van der Waals surface area contributed by atoms with E-state index in [0.717, 1.165) is 56.7 Å². The second-order valence-corrected chi connectivity index (χ2v) is 8.93. The molecular weight excluding hydrogens is 454 g/mol. The molecule has 5 aromatic heterocycles. The number of rotatable bonds is 7. The molecule has 6 rings (SSSR count). The summed E-state index contributed by atoms with van der Waals surface area (Å²) in [5.41, 5.74) is 6.19. The first-order valence-corrected chi connectivity index (χ1v) is 11.6. The van der Waals surface area contributed by atoms with Crippen LogP contribution in [0.1, 0.15) is 5.69 Å². The minimum atomic E-state index is 0.602. The Morgan fingerprint density at radius 2 is 1.94 bits per heavy atom. The molecule has 0 saturated heterocycles. The van der Waals surface area contributed by atoms with Gasteiger partial charge in [-0.05, 0) is 50.8 Å². The molecule has 0 bridgehead atoms. The smallest absolute Gasteiger partial charge is 0.166 e. The Bertz CT molecular complexity index is 1680. The molecule has 0 unspecified atom stereocenters. The summed E-state index contributed by atoms with van der Waals surface area (Å²) in [4.78, 5) is 23.6. The van der Waals surface area contributed by atoms with E-state index in [1.165, 1.54) is 0 Å². The van der Waals surface area contributed by atoms with Crippen LogP contribution >= 0.6 is 0 Å². The van der Waals surface area contributed by atoms with Gasteiger partial charge in [-0.1, -0.05) is 6.07 Å². The number of nitrogens with one attached hydrogen (secondary N) is 2. The van der Waals surface area contributed by atoms with Gasteiger partial charge in [-0.3, -0.25) is 14.6 Å². The summed E-state index contributed by atoms with van der Waals surface area (Å²) < 4.78 is 7.76. The summed E-state index contributed by atoms with van der Waals surface area (Å²) >= 11 is 0. The monoisotopic (exact) mass is 479 g/mol. The Morgan fingerprint density at radius 3 is 2.78 bits per heavy atom. The molecule has 0 saturated carbocycles. The van der Waals surface area contributed by atoms with Crippen LogP contribution in [0.25, 0.3) is 50.4 Å². The quantitative estimate of drug-likeness (QED) is 0.356. The zero-order valence-corrected chi connectivity index (χ0v) is 20.2. The third kappa shape index (κ3) is 4.07. The summed E-state index contributed by atoms with van der Waals surface area (Å²) in [6.45, 7) is 3.38. The Labute approximate surface area is 207 Å². The van der Waals surface area contributed by atoms with Crippen molar-refractivity contribution >= 4 is 21.9 Å². The number of H-pyrrole nitrogens is 2. The normalized spacial score (nSPS) is 11.7. The van der Waals surface area contributed by atoms with Crippen LogP contribution in [-0.4, -0.2) is 71.8 Å². The van der Waals surface area contributed by atoms with Crippen molar-refractivity contribution in [2.75, 3.05) is 27.2 Å². The zero-order valence-electron chi connectivity index (χ0n) is 20.2. The minimum Gasteiger partial charge on any atom is -0.491 e. The van der Waals surface area contributed by atoms with Gasteiger partial charge in [0.25, 0.3) is 0 Å². The van der Waals surface area contributed by atoms with Crippen molar-refractivity contribution in [1.82, 2.24) is 44.6 Å². The van der Waals surface area contributed by atoms with E-state index in [9.17, 15) is 0 Å². The lowest BCUT2D eigenvalue weighted by molar-refractivity contribution is 0.261. The van der Waals surface area contributed by atoms with Crippen LogP contribution in [0.3, 0.4) is 0 Å². The Kier molecular flexibility index (Phi) is 5.42. The number of fused-ring (bicyclic) bond motifs is 2. The number of hydrogen-bond donors (Lipinski definition) is 2. The number of imidazole rings is 2. The molecule has 0 fully saturated rings. The Balaban J connectivity index is 1.37. The number of ether oxygens (including phenoxy) is 1. The average molecular weight is 480 g/mol. The van der Waals surface area contributed by atoms with Gasteiger partial charge in [-0.2, -0.15) is 5.10 Å². The van der Waals surface area contributed by atoms with Crippen LogP contribution < -0.4 is 4.74 Å². The zero-order chi connectivity index (χ0) is 24.6. The van der Waals surface area contributed by atoms with Crippen LogP contribution in [0.15, 0.2) is 61.4 Å². The summed E-state index contributed by atoms with van der Waals surface area (Å²) in [6.07, 6.45) is 9.01. The van der Waals surface area contributed by atoms with E-state index < -0.39 is 0 Å². The third-order valence-corrected chi connectivity index (χ3v) is 5.98. The van der Waals surface area contributed by atoms with E-state index in [4.69, 9.17) is 9.72 Å². The number of pyridine rings is 2. The number of likely N-dealkylation sites (N-methyl/N-ethyl adjacent to an activating group) is 1. The van der Waals surface area contributed by atoms with Crippen LogP contribution in [0.4, 0.5) is 0 Å². The fourth-order valence-corrected chi connectivity index (χ4v) is 4.14. The van der Waals surface area contributed by atoms with Crippen molar-refractivity contribution in [1.29, 1.82) is 0 Å². The number of aromatic nitrogens is 8. The lowest BCUT2D eigenvalue weighted by Crippen LogP contribution is -2.19. The highest BCUT2D eigenvalue weighted by Gasteiger charge is 2.16. The van der Waals surface area contributed by atoms with E-state index in [1.54, 1.807) is 18.7 Å². The SMILES string of the molecule is Cc1cn(-c2nccc3[nH]c(-c4n[nH]c5ccc(-c6cncc(OCCN(C)C)c6)cc45)nc23)cn1.